The van der Waals surface area contributed by atoms with E-state index in [1.54, 1.807) is 20.8 Å². The summed E-state index contributed by atoms with van der Waals surface area (Å²) in [6, 6.07) is -0.629. The molecule has 0 spiro atoms. The van der Waals surface area contributed by atoms with Crippen LogP contribution in [0, 0.1) is 0 Å². The van der Waals surface area contributed by atoms with Crippen LogP contribution in [0.5, 0.6) is 0 Å². The summed E-state index contributed by atoms with van der Waals surface area (Å²) in [5.74, 6) is -0.975. The van der Waals surface area contributed by atoms with E-state index in [-0.39, 0.29) is 6.04 Å². The number of carbonyl (C=O) groups is 2. The van der Waals surface area contributed by atoms with Gasteiger partial charge in [-0.2, -0.15) is 0 Å². The number of nitrogens with zero attached hydrogens (tertiary/aromatic N) is 2. The Bertz CT molecular complexity index is 349. The minimum Gasteiger partial charge on any atom is -0.480 e. The molecular weight excluding hydrogens is 248 g/mol. The maximum absolute atomic E-state index is 12.0. The van der Waals surface area contributed by atoms with Crippen LogP contribution in [-0.2, 0) is 9.53 Å². The van der Waals surface area contributed by atoms with E-state index in [2.05, 4.69) is 0 Å². The molecule has 6 heteroatoms. The van der Waals surface area contributed by atoms with E-state index in [0.717, 1.165) is 6.42 Å². The van der Waals surface area contributed by atoms with Crippen molar-refractivity contribution < 1.29 is 19.4 Å². The Labute approximate surface area is 114 Å². The first-order chi connectivity index (χ1) is 8.61. The van der Waals surface area contributed by atoms with Crippen LogP contribution in [-0.4, -0.2) is 65.3 Å². The highest BCUT2D eigenvalue weighted by Crippen LogP contribution is 2.23. The average Bonchev–Trinajstić information content (AvgIpc) is 2.25. The Morgan fingerprint density at radius 1 is 1.32 bits per heavy atom. The molecule has 0 aromatic carbocycles. The summed E-state index contributed by atoms with van der Waals surface area (Å²) in [6.45, 7) is 5.72. The molecule has 1 rings (SSSR count). The number of carboxylic acids is 1. The number of piperidine rings is 1. The van der Waals surface area contributed by atoms with Gasteiger partial charge in [-0.25, -0.2) is 9.59 Å². The van der Waals surface area contributed by atoms with Crippen LogP contribution in [0.4, 0.5) is 4.79 Å². The molecule has 1 saturated heterocycles. The monoisotopic (exact) mass is 272 g/mol. The predicted molar refractivity (Wildman–Crippen MR) is 71.1 cm³/mol. The number of hydrogen-bond donors (Lipinski definition) is 1. The number of rotatable bonds is 2. The van der Waals surface area contributed by atoms with Gasteiger partial charge in [0.1, 0.15) is 11.6 Å². The second-order valence-electron chi connectivity index (χ2n) is 6.17. The lowest BCUT2D eigenvalue weighted by molar-refractivity contribution is -0.145. The van der Waals surface area contributed by atoms with Crippen LogP contribution in [0.3, 0.4) is 0 Å². The Morgan fingerprint density at radius 3 is 2.32 bits per heavy atom. The number of ether oxygens (including phenoxy) is 1. The van der Waals surface area contributed by atoms with E-state index < -0.39 is 23.7 Å². The summed E-state index contributed by atoms with van der Waals surface area (Å²) in [5, 5.41) is 9.29. The molecule has 0 saturated carbocycles. The van der Waals surface area contributed by atoms with Crippen LogP contribution >= 0.6 is 0 Å². The number of carbonyl (C=O) groups excluding carboxylic acids is 1. The second-order valence-corrected chi connectivity index (χ2v) is 6.17. The largest absolute Gasteiger partial charge is 0.480 e. The number of hydrogen-bond acceptors (Lipinski definition) is 4. The zero-order valence-corrected chi connectivity index (χ0v) is 12.3. The van der Waals surface area contributed by atoms with Gasteiger partial charge in [0.15, 0.2) is 0 Å². The number of amides is 1. The van der Waals surface area contributed by atoms with Crippen molar-refractivity contribution in [1.29, 1.82) is 0 Å². The van der Waals surface area contributed by atoms with Gasteiger partial charge in [0.2, 0.25) is 0 Å². The normalized spacial score (nSPS) is 24.4. The fourth-order valence-electron chi connectivity index (χ4n) is 2.19. The number of aliphatic carboxylic acids is 1. The van der Waals surface area contributed by atoms with E-state index in [4.69, 9.17) is 4.74 Å². The van der Waals surface area contributed by atoms with Gasteiger partial charge < -0.3 is 14.7 Å². The molecule has 1 amide bonds. The molecular formula is C13H24N2O4. The van der Waals surface area contributed by atoms with Gasteiger partial charge >= 0.3 is 12.1 Å². The molecule has 1 aliphatic rings. The third-order valence-corrected chi connectivity index (χ3v) is 3.22. The Balaban J connectivity index is 2.77. The van der Waals surface area contributed by atoms with Crippen molar-refractivity contribution in [3.63, 3.8) is 0 Å². The number of carboxylic acid groups (broad SMARTS) is 1. The van der Waals surface area contributed by atoms with Crippen molar-refractivity contribution in [1.82, 2.24) is 9.80 Å². The predicted octanol–water partition coefficient (Wildman–Crippen LogP) is 1.40. The van der Waals surface area contributed by atoms with Crippen molar-refractivity contribution in [3.05, 3.63) is 0 Å². The molecule has 0 aromatic heterocycles. The maximum Gasteiger partial charge on any atom is 0.411 e. The number of likely N-dealkylation sites (tertiary alicyclic amines) is 1. The third kappa shape index (κ3) is 4.38. The molecule has 0 unspecified atom stereocenters. The van der Waals surface area contributed by atoms with Crippen molar-refractivity contribution in [2.75, 3.05) is 20.6 Å². The fraction of sp³-hybridized carbons (Fsp3) is 0.846. The standard InChI is InChI=1S/C13H24N2O4/c1-13(2,3)19-12(18)15-7-6-9(14(4)5)8-10(15)11(16)17/h9-10H,6-8H2,1-5H3,(H,16,17)/t9-,10+/m1/s1. The minimum atomic E-state index is -0.975. The summed E-state index contributed by atoms with van der Waals surface area (Å²) < 4.78 is 5.26. The molecule has 1 aliphatic heterocycles. The summed E-state index contributed by atoms with van der Waals surface area (Å²) >= 11 is 0. The van der Waals surface area contributed by atoms with Crippen molar-refractivity contribution in [3.8, 4) is 0 Å². The van der Waals surface area contributed by atoms with Crippen LogP contribution in [0.1, 0.15) is 33.6 Å². The van der Waals surface area contributed by atoms with Gasteiger partial charge in [0, 0.05) is 12.6 Å². The van der Waals surface area contributed by atoms with Crippen LogP contribution < -0.4 is 0 Å². The molecule has 6 nitrogen and oxygen atoms in total. The molecule has 1 heterocycles. The molecule has 110 valence electrons. The second kappa shape index (κ2) is 5.77. The lowest BCUT2D eigenvalue weighted by Gasteiger charge is -2.39. The minimum absolute atomic E-state index is 0.180. The highest BCUT2D eigenvalue weighted by molar-refractivity contribution is 5.80. The Hall–Kier alpha value is -1.30. The van der Waals surface area contributed by atoms with Gasteiger partial charge in [0.25, 0.3) is 0 Å². The fourth-order valence-corrected chi connectivity index (χ4v) is 2.19. The lowest BCUT2D eigenvalue weighted by atomic mass is 9.97. The van der Waals surface area contributed by atoms with Crippen LogP contribution in [0.25, 0.3) is 0 Å². The van der Waals surface area contributed by atoms with Gasteiger partial charge in [-0.3, -0.25) is 4.90 Å². The van der Waals surface area contributed by atoms with Crippen LogP contribution in [0.15, 0.2) is 0 Å². The van der Waals surface area contributed by atoms with Crippen molar-refractivity contribution >= 4 is 12.1 Å². The van der Waals surface area contributed by atoms with E-state index in [1.807, 2.05) is 19.0 Å². The average molecular weight is 272 g/mol. The van der Waals surface area contributed by atoms with E-state index >= 15 is 0 Å². The summed E-state index contributed by atoms with van der Waals surface area (Å²) in [7, 11) is 3.85. The first kappa shape index (κ1) is 15.8. The molecule has 0 bridgehead atoms. The molecule has 0 aliphatic carbocycles. The first-order valence-electron chi connectivity index (χ1n) is 6.50. The smallest absolute Gasteiger partial charge is 0.411 e. The molecule has 2 atom stereocenters. The Kier molecular flexibility index (Phi) is 4.79. The lowest BCUT2D eigenvalue weighted by Crippen LogP contribution is -2.54. The maximum atomic E-state index is 12.0. The van der Waals surface area contributed by atoms with E-state index in [0.29, 0.717) is 13.0 Å². The zero-order valence-electron chi connectivity index (χ0n) is 12.3. The quantitative estimate of drug-likeness (QED) is 0.823. The highest BCUT2D eigenvalue weighted by atomic mass is 16.6. The summed E-state index contributed by atoms with van der Waals surface area (Å²) in [5.41, 5.74) is -0.613. The van der Waals surface area contributed by atoms with Gasteiger partial charge in [-0.15, -0.1) is 0 Å². The zero-order chi connectivity index (χ0) is 14.8. The molecule has 1 fully saturated rings. The van der Waals surface area contributed by atoms with E-state index in [1.165, 1.54) is 4.90 Å². The van der Waals surface area contributed by atoms with E-state index in [9.17, 15) is 14.7 Å². The molecule has 1 N–H and O–H groups in total. The first-order valence-corrected chi connectivity index (χ1v) is 6.50. The summed E-state index contributed by atoms with van der Waals surface area (Å²) in [6.07, 6.45) is 0.648. The Morgan fingerprint density at radius 2 is 1.89 bits per heavy atom. The van der Waals surface area contributed by atoms with Gasteiger partial charge in [0.05, 0.1) is 0 Å². The molecule has 0 radical (unpaired) electrons. The van der Waals surface area contributed by atoms with Crippen LogP contribution in [0.2, 0.25) is 0 Å². The highest BCUT2D eigenvalue weighted by Gasteiger charge is 2.38. The third-order valence-electron chi connectivity index (χ3n) is 3.22. The SMILES string of the molecule is CN(C)[C@@H]1CCN(C(=O)OC(C)(C)C)[C@H](C(=O)O)C1. The van der Waals surface area contributed by atoms with Crippen molar-refractivity contribution in [2.24, 2.45) is 0 Å². The topological polar surface area (TPSA) is 70.1 Å². The van der Waals surface area contributed by atoms with Gasteiger partial charge in [-0.05, 0) is 47.7 Å². The summed E-state index contributed by atoms with van der Waals surface area (Å²) in [4.78, 5) is 26.7. The van der Waals surface area contributed by atoms with Crippen molar-refractivity contribution in [2.45, 2.75) is 51.3 Å². The molecule has 0 aromatic rings. The van der Waals surface area contributed by atoms with Gasteiger partial charge in [-0.1, -0.05) is 0 Å². The molecule has 19 heavy (non-hydrogen) atoms.